The van der Waals surface area contributed by atoms with Crippen LogP contribution in [0.5, 0.6) is 0 Å². The molecule has 5 heteroatoms. The molecule has 0 saturated heterocycles. The summed E-state index contributed by atoms with van der Waals surface area (Å²) in [7, 11) is 0. The molecule has 3 rings (SSSR count). The van der Waals surface area contributed by atoms with E-state index in [0.29, 0.717) is 24.1 Å². The Bertz CT molecular complexity index is 841. The fraction of sp³-hybridized carbons (Fsp3) is 0.421. The van der Waals surface area contributed by atoms with Crippen LogP contribution in [-0.2, 0) is 6.42 Å². The van der Waals surface area contributed by atoms with Gasteiger partial charge in [0, 0.05) is 12.5 Å². The van der Waals surface area contributed by atoms with Crippen LogP contribution in [0.3, 0.4) is 0 Å². The predicted octanol–water partition coefficient (Wildman–Crippen LogP) is 3.20. The van der Waals surface area contributed by atoms with Gasteiger partial charge in [-0.3, -0.25) is 4.79 Å². The topological polar surface area (TPSA) is 81.6 Å². The van der Waals surface area contributed by atoms with E-state index in [1.165, 1.54) is 18.4 Å². The molecule has 0 aliphatic heterocycles. The third-order valence-electron chi connectivity index (χ3n) is 4.64. The molecule has 0 spiro atoms. The lowest BCUT2D eigenvalue weighted by Gasteiger charge is -2.14. The number of aryl methyl sites for hydroxylation is 2. The third kappa shape index (κ3) is 3.48. The van der Waals surface area contributed by atoms with Crippen LogP contribution in [-0.4, -0.2) is 16.0 Å². The Hall–Kier alpha value is -2.61. The average Bonchev–Trinajstić information content (AvgIpc) is 3.04. The van der Waals surface area contributed by atoms with Gasteiger partial charge in [0.05, 0.1) is 0 Å². The second-order valence-corrected chi connectivity index (χ2v) is 6.58. The highest BCUT2D eigenvalue weighted by Gasteiger charge is 2.19. The monoisotopic (exact) mass is 322 g/mol. The Morgan fingerprint density at radius 2 is 2.08 bits per heavy atom. The summed E-state index contributed by atoms with van der Waals surface area (Å²) in [5.41, 5.74) is 3.18. The Labute approximate surface area is 141 Å². The van der Waals surface area contributed by atoms with Gasteiger partial charge in [-0.2, -0.15) is 5.26 Å². The van der Waals surface area contributed by atoms with Crippen molar-refractivity contribution >= 4 is 5.82 Å². The molecular formula is C19H22N4O. The minimum atomic E-state index is -0.367. The number of H-pyrrole nitrogens is 1. The molecule has 24 heavy (non-hydrogen) atoms. The van der Waals surface area contributed by atoms with E-state index in [1.807, 2.05) is 19.9 Å². The Morgan fingerprint density at radius 3 is 2.79 bits per heavy atom. The van der Waals surface area contributed by atoms with Gasteiger partial charge < -0.3 is 10.3 Å². The highest BCUT2D eigenvalue weighted by molar-refractivity contribution is 5.51. The quantitative estimate of drug-likeness (QED) is 0.905. The Balaban J connectivity index is 1.93. The van der Waals surface area contributed by atoms with Gasteiger partial charge in [-0.1, -0.05) is 36.6 Å². The number of nitrogens with zero attached hydrogens (tertiary/aromatic N) is 2. The number of rotatable bonds is 4. The van der Waals surface area contributed by atoms with E-state index in [4.69, 9.17) is 0 Å². The smallest absolute Gasteiger partial charge is 0.271 e. The van der Waals surface area contributed by atoms with Crippen molar-refractivity contribution in [1.29, 1.82) is 5.26 Å². The maximum atomic E-state index is 12.2. The lowest BCUT2D eigenvalue weighted by Crippen LogP contribution is -2.23. The SMILES string of the molecule is Cc1ccc(C)c(Cc2nc(NC3CCCC3)c(C#N)c(=O)[nH]2)c1. The van der Waals surface area contributed by atoms with Crippen molar-refractivity contribution in [1.82, 2.24) is 9.97 Å². The summed E-state index contributed by atoms with van der Waals surface area (Å²) in [4.78, 5) is 19.6. The second kappa shape index (κ2) is 6.88. The molecule has 1 aliphatic rings. The summed E-state index contributed by atoms with van der Waals surface area (Å²) < 4.78 is 0. The molecule has 5 nitrogen and oxygen atoms in total. The van der Waals surface area contributed by atoms with Crippen LogP contribution in [0.15, 0.2) is 23.0 Å². The fourth-order valence-electron chi connectivity index (χ4n) is 3.25. The zero-order valence-corrected chi connectivity index (χ0v) is 14.1. The molecule has 0 amide bonds. The van der Waals surface area contributed by atoms with Gasteiger partial charge in [-0.25, -0.2) is 4.98 Å². The lowest BCUT2D eigenvalue weighted by molar-refractivity contribution is 0.745. The van der Waals surface area contributed by atoms with Crippen molar-refractivity contribution in [3.8, 4) is 6.07 Å². The first-order valence-electron chi connectivity index (χ1n) is 8.43. The molecule has 0 unspecified atom stereocenters. The van der Waals surface area contributed by atoms with Crippen LogP contribution in [0.25, 0.3) is 0 Å². The molecule has 124 valence electrons. The predicted molar refractivity (Wildman–Crippen MR) is 94.2 cm³/mol. The van der Waals surface area contributed by atoms with Crippen molar-refractivity contribution in [3.05, 3.63) is 56.6 Å². The van der Waals surface area contributed by atoms with Crippen LogP contribution >= 0.6 is 0 Å². The zero-order chi connectivity index (χ0) is 17.1. The Morgan fingerprint density at radius 1 is 1.33 bits per heavy atom. The highest BCUT2D eigenvalue weighted by Crippen LogP contribution is 2.22. The number of benzene rings is 1. The minimum absolute atomic E-state index is 0.0756. The number of nitriles is 1. The number of aromatic amines is 1. The largest absolute Gasteiger partial charge is 0.366 e. The van der Waals surface area contributed by atoms with Crippen molar-refractivity contribution in [2.24, 2.45) is 0 Å². The molecule has 1 aliphatic carbocycles. The lowest BCUT2D eigenvalue weighted by atomic mass is 10.0. The van der Waals surface area contributed by atoms with E-state index in [9.17, 15) is 10.1 Å². The molecule has 1 saturated carbocycles. The molecule has 0 atom stereocenters. The van der Waals surface area contributed by atoms with Crippen molar-refractivity contribution in [2.75, 3.05) is 5.32 Å². The summed E-state index contributed by atoms with van der Waals surface area (Å²) in [6.07, 6.45) is 5.03. The van der Waals surface area contributed by atoms with Crippen LogP contribution in [0.4, 0.5) is 5.82 Å². The molecule has 2 aromatic rings. The first kappa shape index (κ1) is 16.3. The van der Waals surface area contributed by atoms with E-state index in [1.54, 1.807) is 0 Å². The molecule has 2 N–H and O–H groups in total. The van der Waals surface area contributed by atoms with E-state index in [0.717, 1.165) is 24.0 Å². The number of nitrogens with one attached hydrogen (secondary N) is 2. The van der Waals surface area contributed by atoms with Crippen molar-refractivity contribution in [2.45, 2.75) is 52.0 Å². The van der Waals surface area contributed by atoms with E-state index >= 15 is 0 Å². The first-order chi connectivity index (χ1) is 11.6. The zero-order valence-electron chi connectivity index (χ0n) is 14.1. The Kier molecular flexibility index (Phi) is 4.66. The normalized spacial score (nSPS) is 14.5. The number of hydrogen-bond donors (Lipinski definition) is 2. The molecule has 1 aromatic carbocycles. The molecular weight excluding hydrogens is 300 g/mol. The summed E-state index contributed by atoms with van der Waals surface area (Å²) in [6.45, 7) is 4.10. The number of anilines is 1. The summed E-state index contributed by atoms with van der Waals surface area (Å²) in [5, 5.41) is 12.6. The van der Waals surface area contributed by atoms with Crippen molar-refractivity contribution < 1.29 is 0 Å². The van der Waals surface area contributed by atoms with Gasteiger partial charge >= 0.3 is 0 Å². The minimum Gasteiger partial charge on any atom is -0.366 e. The second-order valence-electron chi connectivity index (χ2n) is 6.58. The fourth-order valence-corrected chi connectivity index (χ4v) is 3.25. The number of hydrogen-bond acceptors (Lipinski definition) is 4. The van der Waals surface area contributed by atoms with Gasteiger partial charge in [0.2, 0.25) is 0 Å². The maximum Gasteiger partial charge on any atom is 0.271 e. The molecule has 0 bridgehead atoms. The van der Waals surface area contributed by atoms with Crippen LogP contribution < -0.4 is 10.9 Å². The molecule has 1 fully saturated rings. The standard InChI is InChI=1S/C19H22N4O/c1-12-7-8-13(2)14(9-12)10-17-22-18(16(11-20)19(24)23-17)21-15-5-3-4-6-15/h7-9,15H,3-6,10H2,1-2H3,(H2,21,22,23,24). The van der Waals surface area contributed by atoms with Crippen LogP contribution in [0.1, 0.15) is 53.8 Å². The van der Waals surface area contributed by atoms with Gasteiger partial charge in [-0.15, -0.1) is 0 Å². The molecule has 1 aromatic heterocycles. The maximum absolute atomic E-state index is 12.2. The van der Waals surface area contributed by atoms with Crippen LogP contribution in [0.2, 0.25) is 0 Å². The third-order valence-corrected chi connectivity index (χ3v) is 4.64. The van der Waals surface area contributed by atoms with E-state index in [-0.39, 0.29) is 11.1 Å². The summed E-state index contributed by atoms with van der Waals surface area (Å²) in [5.74, 6) is 1.02. The van der Waals surface area contributed by atoms with Crippen molar-refractivity contribution in [3.63, 3.8) is 0 Å². The van der Waals surface area contributed by atoms with E-state index < -0.39 is 0 Å². The summed E-state index contributed by atoms with van der Waals surface area (Å²) in [6, 6.07) is 8.54. The van der Waals surface area contributed by atoms with Gasteiger partial charge in [-0.05, 0) is 37.8 Å². The van der Waals surface area contributed by atoms with Gasteiger partial charge in [0.1, 0.15) is 11.9 Å². The van der Waals surface area contributed by atoms with Gasteiger partial charge in [0.15, 0.2) is 11.4 Å². The first-order valence-corrected chi connectivity index (χ1v) is 8.43. The molecule has 0 radical (unpaired) electrons. The van der Waals surface area contributed by atoms with Gasteiger partial charge in [0.25, 0.3) is 5.56 Å². The van der Waals surface area contributed by atoms with Crippen LogP contribution in [0, 0.1) is 25.2 Å². The molecule has 1 heterocycles. The number of aromatic nitrogens is 2. The summed E-state index contributed by atoms with van der Waals surface area (Å²) >= 11 is 0. The van der Waals surface area contributed by atoms with E-state index in [2.05, 4.69) is 33.5 Å². The highest BCUT2D eigenvalue weighted by atomic mass is 16.1. The average molecular weight is 322 g/mol.